The first-order valence-corrected chi connectivity index (χ1v) is 3.81. The van der Waals surface area contributed by atoms with Gasteiger partial charge in [-0.05, 0) is 19.1 Å². The van der Waals surface area contributed by atoms with Gasteiger partial charge in [0.05, 0.1) is 4.88 Å². The lowest BCUT2D eigenvalue weighted by atomic mass is 10.4. The molecule has 0 saturated carbocycles. The van der Waals surface area contributed by atoms with E-state index in [0.29, 0.717) is 4.88 Å². The second-order valence-corrected chi connectivity index (χ2v) is 2.93. The van der Waals surface area contributed by atoms with Crippen LogP contribution >= 0.6 is 11.3 Å². The summed E-state index contributed by atoms with van der Waals surface area (Å²) < 4.78 is 0. The van der Waals surface area contributed by atoms with Gasteiger partial charge in [0.1, 0.15) is 4.88 Å². The van der Waals surface area contributed by atoms with Gasteiger partial charge >= 0.3 is 5.97 Å². The smallest absolute Gasteiger partial charge is 0.345 e. The fourth-order valence-electron chi connectivity index (χ4n) is 0.643. The minimum Gasteiger partial charge on any atom is -0.477 e. The van der Waals surface area contributed by atoms with Crippen LogP contribution in [0.4, 0.5) is 0 Å². The Morgan fingerprint density at radius 2 is 2.36 bits per heavy atom. The van der Waals surface area contributed by atoms with Crippen LogP contribution in [0.15, 0.2) is 12.1 Å². The summed E-state index contributed by atoms with van der Waals surface area (Å²) in [7, 11) is 0. The summed E-state index contributed by atoms with van der Waals surface area (Å²) in [6, 6.07) is 3.28. The molecule has 0 spiro atoms. The molecule has 1 aromatic rings. The minimum atomic E-state index is -0.890. The first-order chi connectivity index (χ1) is 5.24. The average molecular weight is 166 g/mol. The van der Waals surface area contributed by atoms with Crippen molar-refractivity contribution in [2.75, 3.05) is 0 Å². The van der Waals surface area contributed by atoms with E-state index in [2.05, 4.69) is 11.8 Å². The summed E-state index contributed by atoms with van der Waals surface area (Å²) in [5, 5.41) is 8.53. The van der Waals surface area contributed by atoms with Crippen molar-refractivity contribution in [1.82, 2.24) is 0 Å². The highest BCUT2D eigenvalue weighted by Gasteiger charge is 2.04. The molecule has 0 aliphatic rings. The zero-order chi connectivity index (χ0) is 8.27. The molecule has 0 aromatic carbocycles. The van der Waals surface area contributed by atoms with E-state index in [1.807, 2.05) is 0 Å². The van der Waals surface area contributed by atoms with Crippen molar-refractivity contribution in [2.45, 2.75) is 6.92 Å². The Morgan fingerprint density at radius 3 is 2.82 bits per heavy atom. The van der Waals surface area contributed by atoms with Crippen LogP contribution in [0.25, 0.3) is 0 Å². The van der Waals surface area contributed by atoms with E-state index in [1.165, 1.54) is 11.3 Å². The van der Waals surface area contributed by atoms with E-state index in [4.69, 9.17) is 5.11 Å². The Hall–Kier alpha value is -1.27. The highest BCUT2D eigenvalue weighted by molar-refractivity contribution is 7.14. The molecule has 3 heteroatoms. The SMILES string of the molecule is CC#Cc1ccc(C(=O)O)s1. The molecule has 0 amide bonds. The molecule has 0 aliphatic heterocycles. The summed E-state index contributed by atoms with van der Waals surface area (Å²) in [5.74, 6) is 4.60. The first-order valence-electron chi connectivity index (χ1n) is 3.00. The second-order valence-electron chi connectivity index (χ2n) is 1.84. The maximum absolute atomic E-state index is 10.4. The van der Waals surface area contributed by atoms with Gasteiger partial charge in [-0.1, -0.05) is 5.92 Å². The van der Waals surface area contributed by atoms with Crippen molar-refractivity contribution in [3.63, 3.8) is 0 Å². The van der Waals surface area contributed by atoms with Gasteiger partial charge in [-0.2, -0.15) is 0 Å². The van der Waals surface area contributed by atoms with E-state index in [9.17, 15) is 4.79 Å². The molecule has 11 heavy (non-hydrogen) atoms. The molecular formula is C8H6O2S. The van der Waals surface area contributed by atoms with Crippen molar-refractivity contribution >= 4 is 17.3 Å². The van der Waals surface area contributed by atoms with E-state index in [-0.39, 0.29) is 0 Å². The van der Waals surface area contributed by atoms with Gasteiger partial charge in [0.25, 0.3) is 0 Å². The summed E-state index contributed by atoms with van der Waals surface area (Å²) in [5.41, 5.74) is 0. The quantitative estimate of drug-likeness (QED) is 0.646. The van der Waals surface area contributed by atoms with Crippen LogP contribution in [0.1, 0.15) is 21.5 Å². The van der Waals surface area contributed by atoms with Crippen molar-refractivity contribution in [3.05, 3.63) is 21.9 Å². The molecule has 0 fully saturated rings. The number of aromatic carboxylic acids is 1. The van der Waals surface area contributed by atoms with Crippen LogP contribution in [0.3, 0.4) is 0 Å². The molecule has 0 saturated heterocycles. The zero-order valence-corrected chi connectivity index (χ0v) is 6.73. The van der Waals surface area contributed by atoms with Gasteiger partial charge in [0.15, 0.2) is 0 Å². The van der Waals surface area contributed by atoms with Crippen molar-refractivity contribution in [3.8, 4) is 11.8 Å². The number of thiophene rings is 1. The van der Waals surface area contributed by atoms with Crippen LogP contribution in [-0.2, 0) is 0 Å². The fraction of sp³-hybridized carbons (Fsp3) is 0.125. The maximum atomic E-state index is 10.4. The third kappa shape index (κ3) is 1.82. The predicted octanol–water partition coefficient (Wildman–Crippen LogP) is 1.82. The number of hydrogen-bond donors (Lipinski definition) is 1. The van der Waals surface area contributed by atoms with E-state index in [0.717, 1.165) is 4.88 Å². The van der Waals surface area contributed by atoms with Crippen LogP contribution in [0.2, 0.25) is 0 Å². The molecule has 0 unspecified atom stereocenters. The molecule has 1 rings (SSSR count). The predicted molar refractivity (Wildman–Crippen MR) is 43.8 cm³/mol. The van der Waals surface area contributed by atoms with E-state index < -0.39 is 5.97 Å². The topological polar surface area (TPSA) is 37.3 Å². The van der Waals surface area contributed by atoms with Gasteiger partial charge in [-0.3, -0.25) is 0 Å². The summed E-state index contributed by atoms with van der Waals surface area (Å²) in [6.45, 7) is 1.72. The Balaban J connectivity index is 2.96. The highest BCUT2D eigenvalue weighted by atomic mass is 32.1. The Kier molecular flexibility index (Phi) is 2.29. The van der Waals surface area contributed by atoms with Crippen LogP contribution in [0, 0.1) is 11.8 Å². The molecule has 1 aromatic heterocycles. The molecule has 0 aliphatic carbocycles. The number of carbonyl (C=O) groups is 1. The van der Waals surface area contributed by atoms with Gasteiger partial charge in [0.2, 0.25) is 0 Å². The molecule has 1 heterocycles. The molecule has 0 radical (unpaired) electrons. The lowest BCUT2D eigenvalue weighted by Gasteiger charge is -1.80. The number of hydrogen-bond acceptors (Lipinski definition) is 2. The van der Waals surface area contributed by atoms with Crippen molar-refractivity contribution < 1.29 is 9.90 Å². The van der Waals surface area contributed by atoms with Gasteiger partial charge in [-0.15, -0.1) is 17.3 Å². The Bertz CT molecular complexity index is 327. The van der Waals surface area contributed by atoms with Crippen molar-refractivity contribution in [2.24, 2.45) is 0 Å². The highest BCUT2D eigenvalue weighted by Crippen LogP contribution is 2.14. The number of carboxylic acids is 1. The number of carboxylic acid groups (broad SMARTS) is 1. The lowest BCUT2D eigenvalue weighted by Crippen LogP contribution is -1.89. The summed E-state index contributed by atoms with van der Waals surface area (Å²) in [6.07, 6.45) is 0. The third-order valence-electron chi connectivity index (χ3n) is 1.06. The summed E-state index contributed by atoms with van der Waals surface area (Å²) in [4.78, 5) is 11.5. The standard InChI is InChI=1S/C8H6O2S/c1-2-3-6-4-5-7(11-6)8(9)10/h4-5H,1H3,(H,9,10). The Labute approximate surface area is 68.5 Å². The van der Waals surface area contributed by atoms with Crippen LogP contribution in [-0.4, -0.2) is 11.1 Å². The monoisotopic (exact) mass is 166 g/mol. The largest absolute Gasteiger partial charge is 0.477 e. The third-order valence-corrected chi connectivity index (χ3v) is 2.05. The molecule has 56 valence electrons. The molecule has 0 bridgehead atoms. The van der Waals surface area contributed by atoms with E-state index >= 15 is 0 Å². The summed E-state index contributed by atoms with van der Waals surface area (Å²) >= 11 is 1.19. The second kappa shape index (κ2) is 3.22. The van der Waals surface area contributed by atoms with Gasteiger partial charge in [0, 0.05) is 0 Å². The average Bonchev–Trinajstić information content (AvgIpc) is 2.37. The molecular weight excluding hydrogens is 160 g/mol. The molecule has 1 N–H and O–H groups in total. The minimum absolute atomic E-state index is 0.336. The van der Waals surface area contributed by atoms with Crippen LogP contribution in [0.5, 0.6) is 0 Å². The Morgan fingerprint density at radius 1 is 1.64 bits per heavy atom. The van der Waals surface area contributed by atoms with Crippen LogP contribution < -0.4 is 0 Å². The lowest BCUT2D eigenvalue weighted by molar-refractivity contribution is 0.0702. The zero-order valence-electron chi connectivity index (χ0n) is 5.92. The van der Waals surface area contributed by atoms with Gasteiger partial charge < -0.3 is 5.11 Å². The normalized spacial score (nSPS) is 8.45. The number of rotatable bonds is 1. The first kappa shape index (κ1) is 7.83. The molecule has 0 atom stereocenters. The van der Waals surface area contributed by atoms with Gasteiger partial charge in [-0.25, -0.2) is 4.79 Å². The molecule has 2 nitrogen and oxygen atoms in total. The van der Waals surface area contributed by atoms with Crippen molar-refractivity contribution in [1.29, 1.82) is 0 Å². The fourth-order valence-corrected chi connectivity index (χ4v) is 1.39. The van der Waals surface area contributed by atoms with E-state index in [1.54, 1.807) is 19.1 Å². The maximum Gasteiger partial charge on any atom is 0.345 e.